The minimum absolute atomic E-state index is 0.185. The molecule has 1 fully saturated rings. The van der Waals surface area contributed by atoms with E-state index in [1.807, 2.05) is 6.07 Å². The first-order valence-corrected chi connectivity index (χ1v) is 10.8. The number of ether oxygens (including phenoxy) is 3. The normalized spacial score (nSPS) is 14.7. The number of morpholine rings is 1. The molecule has 0 amide bonds. The lowest BCUT2D eigenvalue weighted by molar-refractivity contribution is 0.0374. The number of nitrogens with zero attached hydrogens (tertiary/aromatic N) is 1. The molecule has 0 aromatic heterocycles. The molecule has 30 heavy (non-hydrogen) atoms. The number of benzene rings is 2. The summed E-state index contributed by atoms with van der Waals surface area (Å²) in [5.41, 5.74) is 1.62. The Bertz CT molecular complexity index is 832. The molecule has 0 saturated carbocycles. The van der Waals surface area contributed by atoms with Crippen molar-refractivity contribution in [2.24, 2.45) is 0 Å². The van der Waals surface area contributed by atoms with E-state index in [9.17, 15) is 4.39 Å². The summed E-state index contributed by atoms with van der Waals surface area (Å²) in [6.07, 6.45) is 1.06. The van der Waals surface area contributed by atoms with Gasteiger partial charge in [-0.3, -0.25) is 4.90 Å². The van der Waals surface area contributed by atoms with Crippen LogP contribution >= 0.6 is 23.2 Å². The first kappa shape index (κ1) is 23.1. The molecule has 1 saturated heterocycles. The Labute approximate surface area is 187 Å². The lowest BCUT2D eigenvalue weighted by Crippen LogP contribution is -2.37. The molecule has 0 atom stereocenters. The van der Waals surface area contributed by atoms with Crippen LogP contribution in [0.25, 0.3) is 0 Å². The molecule has 3 rings (SSSR count). The summed E-state index contributed by atoms with van der Waals surface area (Å²) in [4.78, 5) is 2.42. The lowest BCUT2D eigenvalue weighted by Gasteiger charge is -2.26. The van der Waals surface area contributed by atoms with Crippen molar-refractivity contribution in [1.29, 1.82) is 0 Å². The van der Waals surface area contributed by atoms with Crippen molar-refractivity contribution in [3.05, 3.63) is 57.3 Å². The zero-order valence-corrected chi connectivity index (χ0v) is 18.6. The van der Waals surface area contributed by atoms with Gasteiger partial charge in [0, 0.05) is 36.3 Å². The minimum atomic E-state index is -0.383. The van der Waals surface area contributed by atoms with Gasteiger partial charge in [-0.2, -0.15) is 0 Å². The third kappa shape index (κ3) is 6.72. The largest absolute Gasteiger partial charge is 0.493 e. The molecular formula is C22H27Cl2FN2O3. The predicted molar refractivity (Wildman–Crippen MR) is 117 cm³/mol. The average Bonchev–Trinajstić information content (AvgIpc) is 2.74. The summed E-state index contributed by atoms with van der Waals surface area (Å²) in [6, 6.07) is 7.82. The van der Waals surface area contributed by atoms with E-state index in [1.54, 1.807) is 19.2 Å². The minimum Gasteiger partial charge on any atom is -0.493 e. The number of halogens is 3. The second-order valence-corrected chi connectivity index (χ2v) is 7.92. The Hall–Kier alpha value is -1.57. The maximum absolute atomic E-state index is 13.2. The molecule has 0 radical (unpaired) electrons. The Morgan fingerprint density at radius 1 is 1.07 bits per heavy atom. The van der Waals surface area contributed by atoms with Crippen molar-refractivity contribution in [2.75, 3.05) is 46.5 Å². The van der Waals surface area contributed by atoms with Gasteiger partial charge in [0.15, 0.2) is 11.5 Å². The maximum atomic E-state index is 13.2. The average molecular weight is 457 g/mol. The van der Waals surface area contributed by atoms with Gasteiger partial charge in [-0.25, -0.2) is 4.39 Å². The van der Waals surface area contributed by atoms with Crippen molar-refractivity contribution in [1.82, 2.24) is 10.2 Å². The molecule has 2 aromatic carbocycles. The molecule has 164 valence electrons. The molecule has 0 spiro atoms. The van der Waals surface area contributed by atoms with Crippen LogP contribution < -0.4 is 14.8 Å². The van der Waals surface area contributed by atoms with E-state index >= 15 is 0 Å². The Morgan fingerprint density at radius 3 is 2.57 bits per heavy atom. The van der Waals surface area contributed by atoms with Gasteiger partial charge in [-0.1, -0.05) is 29.3 Å². The van der Waals surface area contributed by atoms with E-state index in [0.717, 1.165) is 51.4 Å². The molecule has 5 nitrogen and oxygen atoms in total. The Balaban J connectivity index is 1.51. The molecular weight excluding hydrogens is 430 g/mol. The van der Waals surface area contributed by atoms with Gasteiger partial charge in [0.1, 0.15) is 12.4 Å². The van der Waals surface area contributed by atoms with Crippen LogP contribution in [-0.4, -0.2) is 51.4 Å². The highest BCUT2D eigenvalue weighted by atomic mass is 35.5. The highest BCUT2D eigenvalue weighted by Crippen LogP contribution is 2.34. The van der Waals surface area contributed by atoms with Crippen molar-refractivity contribution in [2.45, 2.75) is 19.6 Å². The third-order valence-electron chi connectivity index (χ3n) is 4.98. The van der Waals surface area contributed by atoms with Crippen LogP contribution in [0.15, 0.2) is 30.3 Å². The maximum Gasteiger partial charge on any atom is 0.163 e. The highest BCUT2D eigenvalue weighted by Gasteiger charge is 2.13. The SMILES string of the molecule is COc1cc(CNCCCN2CCOCC2)c(Cl)cc1OCc1ccc(F)cc1Cl. The lowest BCUT2D eigenvalue weighted by atomic mass is 10.2. The second kappa shape index (κ2) is 11.7. The van der Waals surface area contributed by atoms with E-state index in [1.165, 1.54) is 12.1 Å². The molecule has 8 heteroatoms. The summed E-state index contributed by atoms with van der Waals surface area (Å²) in [6.45, 7) is 6.45. The summed E-state index contributed by atoms with van der Waals surface area (Å²) in [7, 11) is 1.58. The molecule has 0 bridgehead atoms. The Kier molecular flexibility index (Phi) is 9.03. The van der Waals surface area contributed by atoms with Gasteiger partial charge >= 0.3 is 0 Å². The summed E-state index contributed by atoms with van der Waals surface area (Å²) in [5.74, 6) is 0.716. The second-order valence-electron chi connectivity index (χ2n) is 7.10. The van der Waals surface area contributed by atoms with Crippen LogP contribution in [0.4, 0.5) is 4.39 Å². The zero-order valence-electron chi connectivity index (χ0n) is 17.1. The van der Waals surface area contributed by atoms with Crippen LogP contribution in [0, 0.1) is 5.82 Å². The summed E-state index contributed by atoms with van der Waals surface area (Å²) in [5, 5.41) is 4.34. The van der Waals surface area contributed by atoms with Crippen molar-refractivity contribution < 1.29 is 18.6 Å². The number of rotatable bonds is 10. The van der Waals surface area contributed by atoms with Gasteiger partial charge in [-0.05, 0) is 43.3 Å². The summed E-state index contributed by atoms with van der Waals surface area (Å²) < 4.78 is 29.9. The number of hydrogen-bond donors (Lipinski definition) is 1. The number of hydrogen-bond acceptors (Lipinski definition) is 5. The monoisotopic (exact) mass is 456 g/mol. The molecule has 2 aromatic rings. The fourth-order valence-electron chi connectivity index (χ4n) is 3.25. The fraction of sp³-hybridized carbons (Fsp3) is 0.455. The van der Waals surface area contributed by atoms with Crippen molar-refractivity contribution >= 4 is 23.2 Å². The molecule has 0 aliphatic carbocycles. The van der Waals surface area contributed by atoms with Gasteiger partial charge in [-0.15, -0.1) is 0 Å². The van der Waals surface area contributed by atoms with Gasteiger partial charge in [0.2, 0.25) is 0 Å². The smallest absolute Gasteiger partial charge is 0.163 e. The molecule has 1 aliphatic rings. The van der Waals surface area contributed by atoms with Gasteiger partial charge in [0.05, 0.1) is 25.3 Å². The highest BCUT2D eigenvalue weighted by molar-refractivity contribution is 6.31. The Morgan fingerprint density at radius 2 is 1.83 bits per heavy atom. The first-order chi connectivity index (χ1) is 14.6. The van der Waals surface area contributed by atoms with Crippen molar-refractivity contribution in [3.8, 4) is 11.5 Å². The van der Waals surface area contributed by atoms with Crippen LogP contribution in [0.3, 0.4) is 0 Å². The molecule has 1 N–H and O–H groups in total. The van der Waals surface area contributed by atoms with E-state index in [-0.39, 0.29) is 12.4 Å². The van der Waals surface area contributed by atoms with Crippen LogP contribution in [0.5, 0.6) is 11.5 Å². The number of methoxy groups -OCH3 is 1. The topological polar surface area (TPSA) is 43.0 Å². The first-order valence-electron chi connectivity index (χ1n) is 10.0. The van der Waals surface area contributed by atoms with Crippen LogP contribution in [0.2, 0.25) is 10.0 Å². The predicted octanol–water partition coefficient (Wildman–Crippen LogP) is 4.53. The van der Waals surface area contributed by atoms with Gasteiger partial charge < -0.3 is 19.5 Å². The van der Waals surface area contributed by atoms with Crippen LogP contribution in [-0.2, 0) is 17.9 Å². The molecule has 1 aliphatic heterocycles. The third-order valence-corrected chi connectivity index (χ3v) is 5.68. The number of nitrogens with one attached hydrogen (secondary N) is 1. The quantitative estimate of drug-likeness (QED) is 0.531. The van der Waals surface area contributed by atoms with E-state index in [4.69, 9.17) is 37.4 Å². The molecule has 1 heterocycles. The summed E-state index contributed by atoms with van der Waals surface area (Å²) >= 11 is 12.5. The van der Waals surface area contributed by atoms with E-state index < -0.39 is 0 Å². The van der Waals surface area contributed by atoms with Gasteiger partial charge in [0.25, 0.3) is 0 Å². The fourth-order valence-corrected chi connectivity index (χ4v) is 3.70. The van der Waals surface area contributed by atoms with E-state index in [0.29, 0.717) is 33.7 Å². The van der Waals surface area contributed by atoms with Crippen LogP contribution in [0.1, 0.15) is 17.5 Å². The molecule has 0 unspecified atom stereocenters. The van der Waals surface area contributed by atoms with E-state index in [2.05, 4.69) is 10.2 Å². The van der Waals surface area contributed by atoms with Crippen molar-refractivity contribution in [3.63, 3.8) is 0 Å². The standard InChI is InChI=1S/C22H27Cl2FN2O3/c1-28-21-11-17(14-26-5-2-6-27-7-9-29-10-8-27)20(24)13-22(21)30-15-16-3-4-18(25)12-19(16)23/h3-4,11-13,26H,2,5-10,14-15H2,1H3. The zero-order chi connectivity index (χ0) is 21.3.